The first-order valence-electron chi connectivity index (χ1n) is 12.6. The lowest BCUT2D eigenvalue weighted by atomic mass is 10.2. The van der Waals surface area contributed by atoms with Gasteiger partial charge in [0.05, 0.1) is 11.5 Å². The third-order valence-electron chi connectivity index (χ3n) is 7.55. The standard InChI is InChI=1S/C30H34O5SSi/c1-6-27-30(36(31,32)23-19-17-22(2)18-20-23)28(35-30)26(34-27)21-33-37(29(3,4)5,24-13-9-7-10-14-24)25-15-11-8-12-16-25/h6-20,26-28H,1,21H2,2-5H3/t26-,27+,28-,30-/m1/s1. The van der Waals surface area contributed by atoms with Crippen LogP contribution in [0.3, 0.4) is 0 Å². The molecule has 37 heavy (non-hydrogen) atoms. The number of aryl methyl sites for hydroxylation is 1. The molecule has 0 radical (unpaired) electrons. The van der Waals surface area contributed by atoms with E-state index in [2.05, 4.69) is 51.6 Å². The Balaban J connectivity index is 1.49. The largest absolute Gasteiger partial charge is 0.405 e. The fraction of sp³-hybridized carbons (Fsp3) is 0.333. The van der Waals surface area contributed by atoms with Gasteiger partial charge in [-0.1, -0.05) is 105 Å². The molecule has 0 saturated carbocycles. The van der Waals surface area contributed by atoms with Gasteiger partial charge in [-0.15, -0.1) is 6.58 Å². The van der Waals surface area contributed by atoms with E-state index < -0.39 is 41.4 Å². The number of epoxide rings is 1. The van der Waals surface area contributed by atoms with E-state index in [1.165, 1.54) is 6.08 Å². The second-order valence-electron chi connectivity index (χ2n) is 10.9. The predicted molar refractivity (Wildman–Crippen MR) is 148 cm³/mol. The van der Waals surface area contributed by atoms with Crippen LogP contribution >= 0.6 is 0 Å². The summed E-state index contributed by atoms with van der Waals surface area (Å²) in [6, 6.07) is 27.5. The first-order valence-corrected chi connectivity index (χ1v) is 16.0. The third kappa shape index (κ3) is 4.04. The highest BCUT2D eigenvalue weighted by Gasteiger charge is 2.78. The summed E-state index contributed by atoms with van der Waals surface area (Å²) in [6.07, 6.45) is -0.407. The summed E-state index contributed by atoms with van der Waals surface area (Å²) < 4.78 is 46.8. The lowest BCUT2D eigenvalue weighted by molar-refractivity contribution is -0.0348. The molecule has 3 aromatic carbocycles. The Morgan fingerprint density at radius 3 is 1.97 bits per heavy atom. The molecular weight excluding hydrogens is 500 g/mol. The smallest absolute Gasteiger partial charge is 0.261 e. The van der Waals surface area contributed by atoms with Crippen LogP contribution < -0.4 is 10.4 Å². The molecule has 0 aliphatic carbocycles. The van der Waals surface area contributed by atoms with Crippen LogP contribution in [0.15, 0.2) is 102 Å². The average Bonchev–Trinajstić information content (AvgIpc) is 3.57. The van der Waals surface area contributed by atoms with Crippen LogP contribution in [0.25, 0.3) is 0 Å². The lowest BCUT2D eigenvalue weighted by Gasteiger charge is -2.43. The molecule has 2 saturated heterocycles. The summed E-state index contributed by atoms with van der Waals surface area (Å²) in [4.78, 5) is -1.24. The SMILES string of the molecule is C=C[C@@H]1O[C@H](CO[Si](c2ccccc2)(c2ccccc2)C(C)(C)C)[C@H]2O[C@@]12S(=O)(=O)c1ccc(C)cc1. The maximum atomic E-state index is 13.7. The molecule has 5 nitrogen and oxygen atoms in total. The van der Waals surface area contributed by atoms with Gasteiger partial charge in [-0.05, 0) is 34.5 Å². The summed E-state index contributed by atoms with van der Waals surface area (Å²) >= 11 is 0. The quantitative estimate of drug-likeness (QED) is 0.244. The van der Waals surface area contributed by atoms with Crippen LogP contribution in [0.5, 0.6) is 0 Å². The van der Waals surface area contributed by atoms with Crippen molar-refractivity contribution in [1.29, 1.82) is 0 Å². The highest BCUT2D eigenvalue weighted by atomic mass is 32.2. The Hall–Kier alpha value is -2.55. The number of hydrogen-bond acceptors (Lipinski definition) is 5. The van der Waals surface area contributed by atoms with Gasteiger partial charge in [0.25, 0.3) is 8.32 Å². The zero-order valence-electron chi connectivity index (χ0n) is 21.8. The normalized spacial score (nSPS) is 25.5. The molecule has 7 heteroatoms. The number of ether oxygens (including phenoxy) is 2. The van der Waals surface area contributed by atoms with Crippen molar-refractivity contribution < 1.29 is 22.3 Å². The van der Waals surface area contributed by atoms with Gasteiger partial charge in [0.15, 0.2) is 0 Å². The first-order chi connectivity index (χ1) is 17.6. The Labute approximate surface area is 221 Å². The number of benzene rings is 3. The second kappa shape index (κ2) is 9.33. The topological polar surface area (TPSA) is 65.1 Å². The van der Waals surface area contributed by atoms with E-state index in [1.807, 2.05) is 43.3 Å². The zero-order valence-corrected chi connectivity index (χ0v) is 23.6. The molecule has 0 bridgehead atoms. The lowest BCUT2D eigenvalue weighted by Crippen LogP contribution is -2.67. The average molecular weight is 535 g/mol. The van der Waals surface area contributed by atoms with E-state index in [-0.39, 0.29) is 16.5 Å². The van der Waals surface area contributed by atoms with E-state index in [0.717, 1.165) is 15.9 Å². The zero-order chi connectivity index (χ0) is 26.5. The van der Waals surface area contributed by atoms with Gasteiger partial charge < -0.3 is 13.9 Å². The Kier molecular flexibility index (Phi) is 6.57. The fourth-order valence-electron chi connectivity index (χ4n) is 5.67. The van der Waals surface area contributed by atoms with Crippen molar-refractivity contribution >= 4 is 28.5 Å². The van der Waals surface area contributed by atoms with Gasteiger partial charge in [-0.25, -0.2) is 8.42 Å². The van der Waals surface area contributed by atoms with E-state index in [4.69, 9.17) is 13.9 Å². The number of sulfone groups is 1. The summed E-state index contributed by atoms with van der Waals surface area (Å²) in [6.45, 7) is 12.6. The molecule has 0 N–H and O–H groups in total. The Morgan fingerprint density at radius 1 is 0.946 bits per heavy atom. The van der Waals surface area contributed by atoms with E-state index in [9.17, 15) is 8.42 Å². The minimum absolute atomic E-state index is 0.207. The van der Waals surface area contributed by atoms with Crippen LogP contribution in [-0.4, -0.2) is 46.6 Å². The molecular formula is C30H34O5SSi. The fourth-order valence-corrected chi connectivity index (χ4v) is 12.2. The highest BCUT2D eigenvalue weighted by Crippen LogP contribution is 2.56. The van der Waals surface area contributed by atoms with Gasteiger partial charge in [0, 0.05) is 0 Å². The van der Waals surface area contributed by atoms with Crippen LogP contribution in [0.1, 0.15) is 26.3 Å². The molecule has 0 amide bonds. The predicted octanol–water partition coefficient (Wildman–Crippen LogP) is 4.39. The van der Waals surface area contributed by atoms with Gasteiger partial charge in [0.1, 0.15) is 18.3 Å². The summed E-state index contributed by atoms with van der Waals surface area (Å²) in [5.41, 5.74) is 0.990. The summed E-state index contributed by atoms with van der Waals surface area (Å²) in [7, 11) is -6.64. The van der Waals surface area contributed by atoms with E-state index >= 15 is 0 Å². The van der Waals surface area contributed by atoms with Crippen molar-refractivity contribution in [3.8, 4) is 0 Å². The van der Waals surface area contributed by atoms with Crippen molar-refractivity contribution in [1.82, 2.24) is 0 Å². The molecule has 0 spiro atoms. The highest BCUT2D eigenvalue weighted by molar-refractivity contribution is 7.93. The van der Waals surface area contributed by atoms with Gasteiger partial charge in [-0.3, -0.25) is 0 Å². The van der Waals surface area contributed by atoms with Crippen molar-refractivity contribution in [2.75, 3.05) is 6.61 Å². The van der Waals surface area contributed by atoms with Crippen molar-refractivity contribution in [2.45, 2.75) is 60.9 Å². The monoisotopic (exact) mass is 534 g/mol. The van der Waals surface area contributed by atoms with Crippen LogP contribution in [0, 0.1) is 6.92 Å². The molecule has 2 fully saturated rings. The molecule has 2 heterocycles. The molecule has 3 aromatic rings. The maximum Gasteiger partial charge on any atom is 0.261 e. The maximum absolute atomic E-state index is 13.7. The van der Waals surface area contributed by atoms with E-state index in [1.54, 1.807) is 24.3 Å². The molecule has 5 rings (SSSR count). The van der Waals surface area contributed by atoms with Crippen molar-refractivity contribution in [2.24, 2.45) is 0 Å². The van der Waals surface area contributed by atoms with Crippen LogP contribution in [-0.2, 0) is 23.7 Å². The van der Waals surface area contributed by atoms with Crippen molar-refractivity contribution in [3.63, 3.8) is 0 Å². The number of fused-ring (bicyclic) bond motifs is 1. The summed E-state index contributed by atoms with van der Waals surface area (Å²) in [5, 5.41) is 2.10. The first kappa shape index (κ1) is 26.1. The Morgan fingerprint density at radius 2 is 1.49 bits per heavy atom. The van der Waals surface area contributed by atoms with Crippen LogP contribution in [0.4, 0.5) is 0 Å². The van der Waals surface area contributed by atoms with Gasteiger partial charge in [-0.2, -0.15) is 0 Å². The molecule has 0 aromatic heterocycles. The third-order valence-corrected chi connectivity index (χ3v) is 14.9. The minimum atomic E-state index is -3.82. The molecule has 0 unspecified atom stereocenters. The molecule has 2 aliphatic heterocycles. The number of rotatable bonds is 8. The summed E-state index contributed by atoms with van der Waals surface area (Å²) in [5.74, 6) is 0. The minimum Gasteiger partial charge on any atom is -0.405 e. The second-order valence-corrected chi connectivity index (χ2v) is 17.3. The number of hydrogen-bond donors (Lipinski definition) is 0. The molecule has 194 valence electrons. The van der Waals surface area contributed by atoms with Crippen LogP contribution in [0.2, 0.25) is 5.04 Å². The van der Waals surface area contributed by atoms with Gasteiger partial charge in [0.2, 0.25) is 14.8 Å². The Bertz CT molecular complexity index is 1330. The van der Waals surface area contributed by atoms with Gasteiger partial charge >= 0.3 is 0 Å². The van der Waals surface area contributed by atoms with Crippen molar-refractivity contribution in [3.05, 3.63) is 103 Å². The van der Waals surface area contributed by atoms with E-state index in [0.29, 0.717) is 0 Å². The molecule has 2 aliphatic rings. The molecule has 4 atom stereocenters.